The van der Waals surface area contributed by atoms with Gasteiger partial charge >= 0.3 is 5.97 Å². The second-order valence-electron chi connectivity index (χ2n) is 7.05. The molecule has 0 N–H and O–H groups in total. The van der Waals surface area contributed by atoms with Crippen LogP contribution in [0.25, 0.3) is 0 Å². The Labute approximate surface area is 182 Å². The fourth-order valence-electron chi connectivity index (χ4n) is 3.49. The lowest BCUT2D eigenvalue weighted by molar-refractivity contribution is 0.0411. The zero-order chi connectivity index (χ0) is 22.2. The highest BCUT2D eigenvalue weighted by atomic mass is 16.5. The third-order valence-electron chi connectivity index (χ3n) is 5.22. The van der Waals surface area contributed by atoms with E-state index in [2.05, 4.69) is 4.90 Å². The minimum atomic E-state index is -0.461. The van der Waals surface area contributed by atoms with Gasteiger partial charge in [-0.05, 0) is 24.3 Å². The molecule has 1 saturated heterocycles. The molecule has 0 spiro atoms. The fourth-order valence-corrected chi connectivity index (χ4v) is 3.49. The first-order valence-corrected chi connectivity index (χ1v) is 10.1. The minimum absolute atomic E-state index is 0.0501. The van der Waals surface area contributed by atoms with Crippen molar-refractivity contribution in [1.29, 1.82) is 0 Å². The maximum atomic E-state index is 12.5. The van der Waals surface area contributed by atoms with Crippen molar-refractivity contribution in [3.63, 3.8) is 0 Å². The normalized spacial score (nSPS) is 14.1. The predicted octanol–water partition coefficient (Wildman–Crippen LogP) is 2.33. The number of hydrogen-bond acceptors (Lipinski definition) is 7. The molecule has 1 amide bonds. The van der Waals surface area contributed by atoms with E-state index in [1.807, 2.05) is 35.2 Å². The van der Waals surface area contributed by atoms with Gasteiger partial charge < -0.3 is 23.8 Å². The van der Waals surface area contributed by atoms with E-state index in [-0.39, 0.29) is 12.5 Å². The second kappa shape index (κ2) is 10.7. The number of esters is 1. The van der Waals surface area contributed by atoms with E-state index in [4.69, 9.17) is 18.9 Å². The van der Waals surface area contributed by atoms with Crippen LogP contribution in [-0.2, 0) is 4.74 Å². The van der Waals surface area contributed by atoms with Gasteiger partial charge in [-0.15, -0.1) is 0 Å². The Balaban J connectivity index is 1.48. The van der Waals surface area contributed by atoms with Crippen LogP contribution in [0.3, 0.4) is 0 Å². The van der Waals surface area contributed by atoms with E-state index in [1.54, 1.807) is 12.1 Å². The molecule has 31 heavy (non-hydrogen) atoms. The first kappa shape index (κ1) is 22.4. The van der Waals surface area contributed by atoms with Crippen LogP contribution in [0.4, 0.5) is 0 Å². The van der Waals surface area contributed by atoms with Crippen molar-refractivity contribution in [3.8, 4) is 17.2 Å². The first-order chi connectivity index (χ1) is 15.1. The maximum absolute atomic E-state index is 12.5. The Kier molecular flexibility index (Phi) is 7.72. The van der Waals surface area contributed by atoms with Gasteiger partial charge in [-0.1, -0.05) is 18.2 Å². The van der Waals surface area contributed by atoms with Crippen LogP contribution in [0, 0.1) is 0 Å². The standard InChI is InChI=1S/C23H28N2O6/c1-28-19-15-18(16-20(29-2)21(19)30-3)23(27)31-14-13-24-9-11-25(12-10-24)22(26)17-7-5-4-6-8-17/h4-8,15-16H,9-14H2,1-3H3. The number of carbonyl (C=O) groups excluding carboxylic acids is 2. The lowest BCUT2D eigenvalue weighted by atomic mass is 10.2. The third kappa shape index (κ3) is 5.46. The molecular formula is C23H28N2O6. The van der Waals surface area contributed by atoms with Crippen LogP contribution in [0.15, 0.2) is 42.5 Å². The summed E-state index contributed by atoms with van der Waals surface area (Å²) in [4.78, 5) is 29.0. The van der Waals surface area contributed by atoms with Crippen molar-refractivity contribution < 1.29 is 28.5 Å². The van der Waals surface area contributed by atoms with E-state index in [0.29, 0.717) is 48.0 Å². The van der Waals surface area contributed by atoms with Crippen molar-refractivity contribution in [2.24, 2.45) is 0 Å². The lowest BCUT2D eigenvalue weighted by Gasteiger charge is -2.34. The molecule has 0 aliphatic carbocycles. The van der Waals surface area contributed by atoms with Gasteiger partial charge in [0.1, 0.15) is 6.61 Å². The molecule has 1 aliphatic heterocycles. The molecule has 0 bridgehead atoms. The summed E-state index contributed by atoms with van der Waals surface area (Å²) in [5, 5.41) is 0. The number of methoxy groups -OCH3 is 3. The highest BCUT2D eigenvalue weighted by molar-refractivity contribution is 5.94. The average molecular weight is 428 g/mol. The maximum Gasteiger partial charge on any atom is 0.338 e. The van der Waals surface area contributed by atoms with Crippen LogP contribution in [-0.4, -0.2) is 82.3 Å². The van der Waals surface area contributed by atoms with Gasteiger partial charge in [0, 0.05) is 38.3 Å². The highest BCUT2D eigenvalue weighted by Gasteiger charge is 2.22. The molecule has 0 radical (unpaired) electrons. The minimum Gasteiger partial charge on any atom is -0.493 e. The van der Waals surface area contributed by atoms with Crippen LogP contribution in [0.1, 0.15) is 20.7 Å². The Morgan fingerprint density at radius 2 is 1.45 bits per heavy atom. The number of benzene rings is 2. The Bertz CT molecular complexity index is 869. The van der Waals surface area contributed by atoms with Gasteiger partial charge in [-0.25, -0.2) is 4.79 Å². The third-order valence-corrected chi connectivity index (χ3v) is 5.22. The van der Waals surface area contributed by atoms with Crippen molar-refractivity contribution in [2.45, 2.75) is 0 Å². The number of rotatable bonds is 8. The monoisotopic (exact) mass is 428 g/mol. The molecule has 0 unspecified atom stereocenters. The van der Waals surface area contributed by atoms with Crippen molar-refractivity contribution in [2.75, 3.05) is 60.7 Å². The summed E-state index contributed by atoms with van der Waals surface area (Å²) >= 11 is 0. The van der Waals surface area contributed by atoms with Gasteiger partial charge in [0.15, 0.2) is 11.5 Å². The molecule has 1 heterocycles. The number of carbonyl (C=O) groups is 2. The molecule has 2 aromatic rings. The van der Waals surface area contributed by atoms with Crippen molar-refractivity contribution in [3.05, 3.63) is 53.6 Å². The Morgan fingerprint density at radius 1 is 0.839 bits per heavy atom. The van der Waals surface area contributed by atoms with E-state index in [1.165, 1.54) is 21.3 Å². The molecule has 0 aromatic heterocycles. The lowest BCUT2D eigenvalue weighted by Crippen LogP contribution is -2.49. The van der Waals surface area contributed by atoms with Gasteiger partial charge in [-0.2, -0.15) is 0 Å². The zero-order valence-corrected chi connectivity index (χ0v) is 18.1. The van der Waals surface area contributed by atoms with E-state index in [0.717, 1.165) is 13.1 Å². The first-order valence-electron chi connectivity index (χ1n) is 10.1. The van der Waals surface area contributed by atoms with Gasteiger partial charge in [-0.3, -0.25) is 9.69 Å². The van der Waals surface area contributed by atoms with Crippen LogP contribution < -0.4 is 14.2 Å². The van der Waals surface area contributed by atoms with E-state index >= 15 is 0 Å². The highest BCUT2D eigenvalue weighted by Crippen LogP contribution is 2.38. The zero-order valence-electron chi connectivity index (χ0n) is 18.1. The second-order valence-corrected chi connectivity index (χ2v) is 7.05. The smallest absolute Gasteiger partial charge is 0.338 e. The summed E-state index contributed by atoms with van der Waals surface area (Å²) in [5.41, 5.74) is 1.03. The molecular weight excluding hydrogens is 400 g/mol. The molecule has 1 fully saturated rings. The molecule has 1 aliphatic rings. The van der Waals surface area contributed by atoms with Crippen LogP contribution in [0.2, 0.25) is 0 Å². The number of nitrogens with zero attached hydrogens (tertiary/aromatic N) is 2. The summed E-state index contributed by atoms with van der Waals surface area (Å²) in [6, 6.07) is 12.4. The summed E-state index contributed by atoms with van der Waals surface area (Å²) < 4.78 is 21.3. The van der Waals surface area contributed by atoms with Crippen molar-refractivity contribution >= 4 is 11.9 Å². The molecule has 8 heteroatoms. The topological polar surface area (TPSA) is 77.5 Å². The van der Waals surface area contributed by atoms with Crippen LogP contribution >= 0.6 is 0 Å². The largest absolute Gasteiger partial charge is 0.493 e. The molecule has 166 valence electrons. The molecule has 2 aromatic carbocycles. The number of piperazine rings is 1. The number of hydrogen-bond donors (Lipinski definition) is 0. The predicted molar refractivity (Wildman–Crippen MR) is 115 cm³/mol. The fraction of sp³-hybridized carbons (Fsp3) is 0.391. The Hall–Kier alpha value is -3.26. The quantitative estimate of drug-likeness (QED) is 0.597. The molecule has 0 atom stereocenters. The van der Waals surface area contributed by atoms with E-state index < -0.39 is 5.97 Å². The van der Waals surface area contributed by atoms with E-state index in [9.17, 15) is 9.59 Å². The SMILES string of the molecule is COc1cc(C(=O)OCCN2CCN(C(=O)c3ccccc3)CC2)cc(OC)c1OC. The number of amides is 1. The average Bonchev–Trinajstić information content (AvgIpc) is 2.83. The van der Waals surface area contributed by atoms with Crippen molar-refractivity contribution in [1.82, 2.24) is 9.80 Å². The van der Waals surface area contributed by atoms with Gasteiger partial charge in [0.05, 0.1) is 26.9 Å². The summed E-state index contributed by atoms with van der Waals surface area (Å²) in [7, 11) is 4.49. The summed E-state index contributed by atoms with van der Waals surface area (Å²) in [5.74, 6) is 0.803. The summed E-state index contributed by atoms with van der Waals surface area (Å²) in [6.45, 7) is 3.62. The number of ether oxygens (including phenoxy) is 4. The molecule has 3 rings (SSSR count). The van der Waals surface area contributed by atoms with Gasteiger partial charge in [0.2, 0.25) is 5.75 Å². The molecule has 0 saturated carbocycles. The van der Waals surface area contributed by atoms with Crippen LogP contribution in [0.5, 0.6) is 17.2 Å². The Morgan fingerprint density at radius 3 is 2.00 bits per heavy atom. The van der Waals surface area contributed by atoms with Gasteiger partial charge in [0.25, 0.3) is 5.91 Å². The summed E-state index contributed by atoms with van der Waals surface area (Å²) in [6.07, 6.45) is 0. The molecule has 8 nitrogen and oxygen atoms in total.